The number of nitriles is 1. The van der Waals surface area contributed by atoms with Gasteiger partial charge >= 0.3 is 0 Å². The van der Waals surface area contributed by atoms with Gasteiger partial charge < -0.3 is 14.4 Å². The molecule has 0 N–H and O–H groups in total. The van der Waals surface area contributed by atoms with Gasteiger partial charge in [-0.05, 0) is 48.2 Å². The molecule has 0 spiro atoms. The van der Waals surface area contributed by atoms with E-state index in [1.54, 1.807) is 12.1 Å². The zero-order valence-corrected chi connectivity index (χ0v) is 14.9. The van der Waals surface area contributed by atoms with Crippen molar-refractivity contribution in [3.05, 3.63) is 59.2 Å². The van der Waals surface area contributed by atoms with E-state index in [1.165, 1.54) is 0 Å². The fourth-order valence-electron chi connectivity index (χ4n) is 2.97. The molecule has 0 saturated carbocycles. The molecule has 5 heteroatoms. The minimum absolute atomic E-state index is 0.133. The Kier molecular flexibility index (Phi) is 5.75. The highest BCUT2D eigenvalue weighted by atomic mass is 16.7. The van der Waals surface area contributed by atoms with E-state index in [9.17, 15) is 4.79 Å². The van der Waals surface area contributed by atoms with Crippen LogP contribution in [0.15, 0.2) is 42.5 Å². The van der Waals surface area contributed by atoms with E-state index in [0.29, 0.717) is 24.9 Å². The normalized spacial score (nSPS) is 11.8. The molecular weight excluding hydrogens is 328 g/mol. The van der Waals surface area contributed by atoms with Crippen LogP contribution in [0.5, 0.6) is 11.5 Å². The minimum atomic E-state index is 0.133. The fourth-order valence-corrected chi connectivity index (χ4v) is 2.97. The first kappa shape index (κ1) is 17.8. The molecule has 1 aliphatic heterocycles. The van der Waals surface area contributed by atoms with Crippen molar-refractivity contribution in [2.24, 2.45) is 0 Å². The van der Waals surface area contributed by atoms with Crippen molar-refractivity contribution in [3.8, 4) is 17.6 Å². The number of carbonyl (C=O) groups is 1. The third-order valence-corrected chi connectivity index (χ3v) is 4.37. The third kappa shape index (κ3) is 4.34. The Labute approximate surface area is 153 Å². The highest BCUT2D eigenvalue weighted by molar-refractivity contribution is 5.76. The van der Waals surface area contributed by atoms with E-state index in [1.807, 2.05) is 35.2 Å². The summed E-state index contributed by atoms with van der Waals surface area (Å²) >= 11 is 0. The molecule has 0 fully saturated rings. The summed E-state index contributed by atoms with van der Waals surface area (Å²) in [6.07, 6.45) is 2.03. The van der Waals surface area contributed by atoms with Gasteiger partial charge in [-0.25, -0.2) is 0 Å². The predicted molar refractivity (Wildman–Crippen MR) is 97.8 cm³/mol. The number of fused-ring (bicyclic) bond motifs is 1. The number of rotatable bonds is 7. The van der Waals surface area contributed by atoms with Crippen molar-refractivity contribution in [2.45, 2.75) is 32.7 Å². The Bertz CT molecular complexity index is 809. The van der Waals surface area contributed by atoms with Crippen molar-refractivity contribution in [2.75, 3.05) is 13.3 Å². The Morgan fingerprint density at radius 1 is 1.12 bits per heavy atom. The summed E-state index contributed by atoms with van der Waals surface area (Å²) < 4.78 is 10.7. The zero-order chi connectivity index (χ0) is 18.4. The first-order valence-corrected chi connectivity index (χ1v) is 8.85. The monoisotopic (exact) mass is 350 g/mol. The summed E-state index contributed by atoms with van der Waals surface area (Å²) in [5.41, 5.74) is 2.73. The number of amides is 1. The van der Waals surface area contributed by atoms with Gasteiger partial charge in [0.15, 0.2) is 11.5 Å². The van der Waals surface area contributed by atoms with E-state index in [0.717, 1.165) is 35.6 Å². The van der Waals surface area contributed by atoms with Gasteiger partial charge in [0.1, 0.15) is 0 Å². The fraction of sp³-hybridized carbons (Fsp3) is 0.333. The van der Waals surface area contributed by atoms with Gasteiger partial charge in [0.25, 0.3) is 0 Å². The molecule has 1 aliphatic rings. The third-order valence-electron chi connectivity index (χ3n) is 4.37. The first-order chi connectivity index (χ1) is 12.7. The molecule has 3 rings (SSSR count). The van der Waals surface area contributed by atoms with E-state index >= 15 is 0 Å². The molecule has 0 aromatic heterocycles. The van der Waals surface area contributed by atoms with Crippen LogP contribution >= 0.6 is 0 Å². The summed E-state index contributed by atoms with van der Waals surface area (Å²) in [4.78, 5) is 14.6. The maximum atomic E-state index is 12.7. The van der Waals surface area contributed by atoms with Crippen LogP contribution in [-0.4, -0.2) is 24.1 Å². The summed E-state index contributed by atoms with van der Waals surface area (Å²) in [7, 11) is 0. The van der Waals surface area contributed by atoms with Crippen molar-refractivity contribution >= 4 is 5.91 Å². The second-order valence-corrected chi connectivity index (χ2v) is 6.31. The number of hydrogen-bond acceptors (Lipinski definition) is 4. The number of nitrogens with zero attached hydrogens (tertiary/aromatic N) is 2. The van der Waals surface area contributed by atoms with E-state index in [4.69, 9.17) is 14.7 Å². The second kappa shape index (κ2) is 8.39. The smallest absolute Gasteiger partial charge is 0.231 e. The maximum absolute atomic E-state index is 12.7. The lowest BCUT2D eigenvalue weighted by atomic mass is 10.1. The van der Waals surface area contributed by atoms with Crippen LogP contribution in [0.1, 0.15) is 36.5 Å². The Hall–Kier alpha value is -3.00. The summed E-state index contributed by atoms with van der Waals surface area (Å²) in [5, 5.41) is 8.89. The van der Waals surface area contributed by atoms with Crippen LogP contribution in [0.3, 0.4) is 0 Å². The molecule has 1 heterocycles. The highest BCUT2D eigenvalue weighted by Crippen LogP contribution is 2.32. The average Bonchev–Trinajstić information content (AvgIpc) is 3.14. The summed E-state index contributed by atoms with van der Waals surface area (Å²) in [5.74, 6) is 1.64. The topological polar surface area (TPSA) is 62.6 Å². The van der Waals surface area contributed by atoms with E-state index in [-0.39, 0.29) is 12.7 Å². The van der Waals surface area contributed by atoms with Gasteiger partial charge in [0.2, 0.25) is 12.7 Å². The Balaban J connectivity index is 1.60. The van der Waals surface area contributed by atoms with Crippen LogP contribution in [0.2, 0.25) is 0 Å². The van der Waals surface area contributed by atoms with Crippen molar-refractivity contribution in [1.29, 1.82) is 5.26 Å². The largest absolute Gasteiger partial charge is 0.454 e. The number of aryl methyl sites for hydroxylation is 1. The highest BCUT2D eigenvalue weighted by Gasteiger charge is 2.16. The number of ether oxygens (including phenoxy) is 2. The number of benzene rings is 2. The molecule has 2 aromatic carbocycles. The molecule has 26 heavy (non-hydrogen) atoms. The van der Waals surface area contributed by atoms with Gasteiger partial charge in [0.05, 0.1) is 11.6 Å². The van der Waals surface area contributed by atoms with Gasteiger partial charge in [-0.2, -0.15) is 5.26 Å². The molecule has 134 valence electrons. The molecule has 0 unspecified atom stereocenters. The maximum Gasteiger partial charge on any atom is 0.231 e. The molecule has 2 aromatic rings. The standard InChI is InChI=1S/C21H22N2O3/c1-2-11-23(14-18-5-3-17(13-22)4-6-18)21(24)10-8-16-7-9-19-20(12-16)26-15-25-19/h3-7,9,12H,2,8,10-11,14-15H2,1H3. The molecule has 1 amide bonds. The molecule has 0 bridgehead atoms. The summed E-state index contributed by atoms with van der Waals surface area (Å²) in [6, 6.07) is 15.3. The molecule has 0 saturated heterocycles. The van der Waals surface area contributed by atoms with Crippen LogP contribution < -0.4 is 9.47 Å². The van der Waals surface area contributed by atoms with Crippen molar-refractivity contribution < 1.29 is 14.3 Å². The Morgan fingerprint density at radius 3 is 2.58 bits per heavy atom. The second-order valence-electron chi connectivity index (χ2n) is 6.31. The lowest BCUT2D eigenvalue weighted by Crippen LogP contribution is -2.31. The Morgan fingerprint density at radius 2 is 1.85 bits per heavy atom. The van der Waals surface area contributed by atoms with Crippen molar-refractivity contribution in [3.63, 3.8) is 0 Å². The zero-order valence-electron chi connectivity index (χ0n) is 14.9. The van der Waals surface area contributed by atoms with Gasteiger partial charge in [-0.15, -0.1) is 0 Å². The molecular formula is C21H22N2O3. The molecule has 0 radical (unpaired) electrons. The number of carbonyl (C=O) groups excluding carboxylic acids is 1. The molecule has 0 atom stereocenters. The number of hydrogen-bond donors (Lipinski definition) is 0. The summed E-state index contributed by atoms with van der Waals surface area (Å²) in [6.45, 7) is 3.61. The molecule has 5 nitrogen and oxygen atoms in total. The van der Waals surface area contributed by atoms with E-state index < -0.39 is 0 Å². The van der Waals surface area contributed by atoms with Gasteiger partial charge in [-0.1, -0.05) is 25.1 Å². The average molecular weight is 350 g/mol. The van der Waals surface area contributed by atoms with Crippen LogP contribution in [0.25, 0.3) is 0 Å². The van der Waals surface area contributed by atoms with Crippen LogP contribution in [-0.2, 0) is 17.8 Å². The van der Waals surface area contributed by atoms with Crippen LogP contribution in [0, 0.1) is 11.3 Å². The van der Waals surface area contributed by atoms with Gasteiger partial charge in [0, 0.05) is 19.5 Å². The first-order valence-electron chi connectivity index (χ1n) is 8.85. The van der Waals surface area contributed by atoms with Crippen LogP contribution in [0.4, 0.5) is 0 Å². The molecule has 0 aliphatic carbocycles. The minimum Gasteiger partial charge on any atom is -0.454 e. The lowest BCUT2D eigenvalue weighted by Gasteiger charge is -2.22. The van der Waals surface area contributed by atoms with E-state index in [2.05, 4.69) is 13.0 Å². The quantitative estimate of drug-likeness (QED) is 0.764. The SMILES string of the molecule is CCCN(Cc1ccc(C#N)cc1)C(=O)CCc1ccc2c(c1)OCO2. The van der Waals surface area contributed by atoms with Crippen molar-refractivity contribution in [1.82, 2.24) is 4.90 Å². The van der Waals surface area contributed by atoms with Gasteiger partial charge in [-0.3, -0.25) is 4.79 Å². The lowest BCUT2D eigenvalue weighted by molar-refractivity contribution is -0.131. The predicted octanol–water partition coefficient (Wildman–Crippen LogP) is 3.66.